The van der Waals surface area contributed by atoms with Crippen molar-refractivity contribution in [3.05, 3.63) is 30.3 Å². The Hall–Kier alpha value is -1.48. The lowest BCUT2D eigenvalue weighted by molar-refractivity contribution is -0.118. The molecule has 0 N–H and O–H groups in total. The molecule has 140 valence electrons. The molecular formula is C17H27N3O4S. The maximum Gasteiger partial charge on any atom is 0.228 e. The lowest BCUT2D eigenvalue weighted by Gasteiger charge is -2.29. The summed E-state index contributed by atoms with van der Waals surface area (Å²) in [5.74, 6) is -0.105. The SMILES string of the molecule is CN(C(=O)CCN(CCN1CCOCC1)S(C)(=O)=O)c1ccccc1. The van der Waals surface area contributed by atoms with E-state index >= 15 is 0 Å². The number of hydrogen-bond acceptors (Lipinski definition) is 5. The molecule has 0 aliphatic carbocycles. The van der Waals surface area contributed by atoms with Crippen LogP contribution in [0.1, 0.15) is 6.42 Å². The van der Waals surface area contributed by atoms with Crippen molar-refractivity contribution in [2.75, 3.05) is 64.1 Å². The number of hydrogen-bond donors (Lipinski definition) is 0. The Labute approximate surface area is 150 Å². The van der Waals surface area contributed by atoms with Crippen LogP contribution in [0.15, 0.2) is 30.3 Å². The molecule has 0 atom stereocenters. The van der Waals surface area contributed by atoms with Gasteiger partial charge in [0.25, 0.3) is 0 Å². The summed E-state index contributed by atoms with van der Waals surface area (Å²) >= 11 is 0. The molecule has 0 unspecified atom stereocenters. The Balaban J connectivity index is 1.87. The number of morpholine rings is 1. The predicted molar refractivity (Wildman–Crippen MR) is 98.1 cm³/mol. The molecular weight excluding hydrogens is 342 g/mol. The minimum atomic E-state index is -3.35. The smallest absolute Gasteiger partial charge is 0.228 e. The van der Waals surface area contributed by atoms with Crippen LogP contribution in [0.25, 0.3) is 0 Å². The van der Waals surface area contributed by atoms with E-state index in [1.54, 1.807) is 11.9 Å². The Morgan fingerprint density at radius 1 is 1.16 bits per heavy atom. The highest BCUT2D eigenvalue weighted by Gasteiger charge is 2.21. The Kier molecular flexibility index (Phi) is 7.37. The molecule has 0 radical (unpaired) electrons. The van der Waals surface area contributed by atoms with Gasteiger partial charge in [-0.1, -0.05) is 18.2 Å². The maximum atomic E-state index is 12.4. The number of carbonyl (C=O) groups excluding carboxylic acids is 1. The molecule has 1 aromatic rings. The van der Waals surface area contributed by atoms with Gasteiger partial charge < -0.3 is 9.64 Å². The van der Waals surface area contributed by atoms with E-state index in [9.17, 15) is 13.2 Å². The first-order valence-corrected chi connectivity index (χ1v) is 10.3. The molecule has 0 spiro atoms. The molecule has 1 fully saturated rings. The Bertz CT molecular complexity index is 645. The van der Waals surface area contributed by atoms with Crippen molar-refractivity contribution >= 4 is 21.6 Å². The lowest BCUT2D eigenvalue weighted by Crippen LogP contribution is -2.43. The minimum absolute atomic E-state index is 0.105. The average molecular weight is 369 g/mol. The van der Waals surface area contributed by atoms with Crippen LogP contribution in [0, 0.1) is 0 Å². The monoisotopic (exact) mass is 369 g/mol. The van der Waals surface area contributed by atoms with Crippen LogP contribution < -0.4 is 4.90 Å². The normalized spacial score (nSPS) is 16.1. The number of rotatable bonds is 8. The number of amides is 1. The van der Waals surface area contributed by atoms with Gasteiger partial charge in [0.1, 0.15) is 0 Å². The van der Waals surface area contributed by atoms with Crippen molar-refractivity contribution in [2.24, 2.45) is 0 Å². The number of para-hydroxylation sites is 1. The van der Waals surface area contributed by atoms with Gasteiger partial charge in [0.2, 0.25) is 15.9 Å². The molecule has 1 aliphatic rings. The van der Waals surface area contributed by atoms with Gasteiger partial charge in [0, 0.05) is 51.9 Å². The fraction of sp³-hybridized carbons (Fsp3) is 0.588. The van der Waals surface area contributed by atoms with E-state index in [4.69, 9.17) is 4.74 Å². The van der Waals surface area contributed by atoms with Crippen molar-refractivity contribution in [3.8, 4) is 0 Å². The number of carbonyl (C=O) groups is 1. The van der Waals surface area contributed by atoms with E-state index < -0.39 is 10.0 Å². The first kappa shape index (κ1) is 19.8. The van der Waals surface area contributed by atoms with E-state index in [0.717, 1.165) is 18.8 Å². The Morgan fingerprint density at radius 2 is 1.80 bits per heavy atom. The second-order valence-electron chi connectivity index (χ2n) is 6.15. The standard InChI is InChI=1S/C17H27N3O4S/c1-18(16-6-4-3-5-7-16)17(21)8-9-20(25(2,22)23)11-10-19-12-14-24-15-13-19/h3-7H,8-15H2,1-2H3. The molecule has 0 saturated carbocycles. The highest BCUT2D eigenvalue weighted by atomic mass is 32.2. The number of anilines is 1. The lowest BCUT2D eigenvalue weighted by atomic mass is 10.2. The fourth-order valence-electron chi connectivity index (χ4n) is 2.70. The van der Waals surface area contributed by atoms with Crippen LogP contribution in [0.2, 0.25) is 0 Å². The van der Waals surface area contributed by atoms with Crippen molar-refractivity contribution in [3.63, 3.8) is 0 Å². The van der Waals surface area contributed by atoms with Crippen LogP contribution in [-0.4, -0.2) is 82.8 Å². The molecule has 1 aromatic carbocycles. The predicted octanol–water partition coefficient (Wildman–Crippen LogP) is 0.633. The van der Waals surface area contributed by atoms with E-state index in [2.05, 4.69) is 4.90 Å². The molecule has 0 bridgehead atoms. The van der Waals surface area contributed by atoms with E-state index in [-0.39, 0.29) is 18.9 Å². The maximum absolute atomic E-state index is 12.4. The Morgan fingerprint density at radius 3 is 2.40 bits per heavy atom. The van der Waals surface area contributed by atoms with E-state index in [0.29, 0.717) is 26.3 Å². The molecule has 8 heteroatoms. The van der Waals surface area contributed by atoms with Gasteiger partial charge in [-0.05, 0) is 12.1 Å². The third-order valence-electron chi connectivity index (χ3n) is 4.33. The van der Waals surface area contributed by atoms with Crippen molar-refractivity contribution < 1.29 is 17.9 Å². The van der Waals surface area contributed by atoms with Crippen LogP contribution in [-0.2, 0) is 19.6 Å². The number of ether oxygens (including phenoxy) is 1. The van der Waals surface area contributed by atoms with E-state index in [1.165, 1.54) is 10.6 Å². The molecule has 1 heterocycles. The summed E-state index contributed by atoms with van der Waals surface area (Å²) in [6.07, 6.45) is 1.35. The zero-order chi connectivity index (χ0) is 18.3. The largest absolute Gasteiger partial charge is 0.379 e. The molecule has 1 saturated heterocycles. The number of nitrogens with zero attached hydrogens (tertiary/aromatic N) is 3. The highest BCUT2D eigenvalue weighted by Crippen LogP contribution is 2.13. The summed E-state index contributed by atoms with van der Waals surface area (Å²) in [6.45, 7) is 4.22. The topological polar surface area (TPSA) is 70.2 Å². The summed E-state index contributed by atoms with van der Waals surface area (Å²) < 4.78 is 30.7. The van der Waals surface area contributed by atoms with Gasteiger partial charge in [-0.2, -0.15) is 0 Å². The van der Waals surface area contributed by atoms with Gasteiger partial charge in [-0.15, -0.1) is 0 Å². The zero-order valence-corrected chi connectivity index (χ0v) is 15.7. The van der Waals surface area contributed by atoms with Crippen LogP contribution in [0.5, 0.6) is 0 Å². The molecule has 1 aliphatic heterocycles. The summed E-state index contributed by atoms with van der Waals surface area (Å²) in [6, 6.07) is 9.32. The van der Waals surface area contributed by atoms with Crippen molar-refractivity contribution in [1.29, 1.82) is 0 Å². The van der Waals surface area contributed by atoms with E-state index in [1.807, 2.05) is 30.3 Å². The molecule has 25 heavy (non-hydrogen) atoms. The number of sulfonamides is 1. The molecule has 2 rings (SSSR count). The summed E-state index contributed by atoms with van der Waals surface area (Å²) in [4.78, 5) is 16.1. The number of benzene rings is 1. The average Bonchev–Trinajstić information content (AvgIpc) is 2.61. The van der Waals surface area contributed by atoms with Crippen LogP contribution in [0.3, 0.4) is 0 Å². The molecule has 0 aromatic heterocycles. The van der Waals surface area contributed by atoms with Crippen molar-refractivity contribution in [1.82, 2.24) is 9.21 Å². The third kappa shape index (κ3) is 6.39. The second kappa shape index (κ2) is 9.28. The minimum Gasteiger partial charge on any atom is -0.379 e. The quantitative estimate of drug-likeness (QED) is 0.672. The summed E-state index contributed by atoms with van der Waals surface area (Å²) in [7, 11) is -1.64. The fourth-order valence-corrected chi connectivity index (χ4v) is 3.54. The summed E-state index contributed by atoms with van der Waals surface area (Å²) in [5, 5.41) is 0. The van der Waals surface area contributed by atoms with Crippen molar-refractivity contribution in [2.45, 2.75) is 6.42 Å². The highest BCUT2D eigenvalue weighted by molar-refractivity contribution is 7.88. The van der Waals surface area contributed by atoms with Gasteiger partial charge in [0.05, 0.1) is 19.5 Å². The molecule has 1 amide bonds. The van der Waals surface area contributed by atoms with Gasteiger partial charge >= 0.3 is 0 Å². The molecule has 7 nitrogen and oxygen atoms in total. The second-order valence-corrected chi connectivity index (χ2v) is 8.14. The van der Waals surface area contributed by atoms with Gasteiger partial charge in [-0.25, -0.2) is 12.7 Å². The van der Waals surface area contributed by atoms with Gasteiger partial charge in [-0.3, -0.25) is 9.69 Å². The first-order chi connectivity index (χ1) is 11.9. The first-order valence-electron chi connectivity index (χ1n) is 8.45. The van der Waals surface area contributed by atoms with Crippen LogP contribution in [0.4, 0.5) is 5.69 Å². The van der Waals surface area contributed by atoms with Gasteiger partial charge in [0.15, 0.2) is 0 Å². The zero-order valence-electron chi connectivity index (χ0n) is 14.9. The third-order valence-corrected chi connectivity index (χ3v) is 5.63. The summed E-state index contributed by atoms with van der Waals surface area (Å²) in [5.41, 5.74) is 0.798. The van der Waals surface area contributed by atoms with Crippen LogP contribution >= 0.6 is 0 Å².